The van der Waals surface area contributed by atoms with Crippen molar-refractivity contribution in [3.8, 4) is 0 Å². The van der Waals surface area contributed by atoms with Crippen LogP contribution >= 0.6 is 11.3 Å². The first-order chi connectivity index (χ1) is 6.15. The van der Waals surface area contributed by atoms with Crippen molar-refractivity contribution in [2.24, 2.45) is 5.73 Å². The van der Waals surface area contributed by atoms with Crippen LogP contribution in [0.5, 0.6) is 0 Å². The maximum Gasteiger partial charge on any atom is 0.323 e. The van der Waals surface area contributed by atoms with Gasteiger partial charge in [-0.05, 0) is 6.92 Å². The van der Waals surface area contributed by atoms with Crippen molar-refractivity contribution in [2.45, 2.75) is 19.4 Å². The van der Waals surface area contributed by atoms with Crippen LogP contribution in [-0.2, 0) is 16.0 Å². The first kappa shape index (κ1) is 10.1. The number of nitrogens with zero attached hydrogens (tertiary/aromatic N) is 1. The van der Waals surface area contributed by atoms with Crippen LogP contribution < -0.4 is 5.73 Å². The molecular formula is C8H12N2O2S. The number of carbonyl (C=O) groups excluding carboxylic acids is 1. The Morgan fingerprint density at radius 3 is 3.00 bits per heavy atom. The molecule has 0 saturated heterocycles. The predicted octanol–water partition coefficient (Wildman–Crippen LogP) is 0.494. The quantitative estimate of drug-likeness (QED) is 0.721. The van der Waals surface area contributed by atoms with Gasteiger partial charge in [0, 0.05) is 11.3 Å². The average Bonchev–Trinajstić information content (AvgIpc) is 2.50. The minimum atomic E-state index is -0.579. The molecule has 0 bridgehead atoms. The van der Waals surface area contributed by atoms with Crippen molar-refractivity contribution in [3.63, 3.8) is 0 Å². The zero-order valence-corrected chi connectivity index (χ0v) is 8.43. The Kier molecular flexibility index (Phi) is 3.39. The SMILES string of the molecule is COC(=O)C(N)Cc1scnc1C. The van der Waals surface area contributed by atoms with Crippen molar-refractivity contribution in [3.05, 3.63) is 16.1 Å². The summed E-state index contributed by atoms with van der Waals surface area (Å²) in [7, 11) is 1.34. The van der Waals surface area contributed by atoms with E-state index < -0.39 is 6.04 Å². The second-order valence-electron chi connectivity index (χ2n) is 2.69. The molecule has 2 N–H and O–H groups in total. The molecule has 1 unspecified atom stereocenters. The molecule has 1 aromatic rings. The molecule has 1 heterocycles. The van der Waals surface area contributed by atoms with Gasteiger partial charge in [0.1, 0.15) is 6.04 Å². The second-order valence-corrected chi connectivity index (χ2v) is 3.63. The molecule has 0 radical (unpaired) electrons. The Bertz CT molecular complexity index is 298. The summed E-state index contributed by atoms with van der Waals surface area (Å²) in [5, 5.41) is 0. The molecule has 0 saturated carbocycles. The second kappa shape index (κ2) is 4.34. The third-order valence-electron chi connectivity index (χ3n) is 1.75. The number of thiazole rings is 1. The molecule has 5 heteroatoms. The van der Waals surface area contributed by atoms with Gasteiger partial charge in [-0.15, -0.1) is 11.3 Å². The van der Waals surface area contributed by atoms with Gasteiger partial charge in [-0.2, -0.15) is 0 Å². The molecule has 1 rings (SSSR count). The monoisotopic (exact) mass is 200 g/mol. The third-order valence-corrected chi connectivity index (χ3v) is 2.71. The van der Waals surface area contributed by atoms with Gasteiger partial charge in [-0.25, -0.2) is 4.98 Å². The van der Waals surface area contributed by atoms with Crippen LogP contribution in [0.3, 0.4) is 0 Å². The lowest BCUT2D eigenvalue weighted by atomic mass is 10.2. The molecule has 0 aromatic carbocycles. The number of ether oxygens (including phenoxy) is 1. The lowest BCUT2D eigenvalue weighted by Gasteiger charge is -2.07. The molecule has 13 heavy (non-hydrogen) atoms. The van der Waals surface area contributed by atoms with Crippen LogP contribution in [0.4, 0.5) is 0 Å². The summed E-state index contributed by atoms with van der Waals surface area (Å²) in [6.45, 7) is 1.90. The lowest BCUT2D eigenvalue weighted by molar-refractivity contribution is -0.142. The van der Waals surface area contributed by atoms with Crippen LogP contribution in [0.15, 0.2) is 5.51 Å². The van der Waals surface area contributed by atoms with Gasteiger partial charge in [0.2, 0.25) is 0 Å². The van der Waals surface area contributed by atoms with E-state index in [-0.39, 0.29) is 5.97 Å². The highest BCUT2D eigenvalue weighted by Gasteiger charge is 2.16. The first-order valence-corrected chi connectivity index (χ1v) is 4.75. The first-order valence-electron chi connectivity index (χ1n) is 3.87. The van der Waals surface area contributed by atoms with Crippen LogP contribution in [0.1, 0.15) is 10.6 Å². The number of aryl methyl sites for hydroxylation is 1. The van der Waals surface area contributed by atoms with E-state index in [2.05, 4.69) is 9.72 Å². The Morgan fingerprint density at radius 1 is 1.85 bits per heavy atom. The highest BCUT2D eigenvalue weighted by atomic mass is 32.1. The number of hydrogen-bond acceptors (Lipinski definition) is 5. The van der Waals surface area contributed by atoms with E-state index in [0.29, 0.717) is 6.42 Å². The molecule has 0 fully saturated rings. The zero-order chi connectivity index (χ0) is 9.84. The minimum Gasteiger partial charge on any atom is -0.468 e. The summed E-state index contributed by atoms with van der Waals surface area (Å²) in [4.78, 5) is 16.1. The highest BCUT2D eigenvalue weighted by Crippen LogP contribution is 2.13. The fraction of sp³-hybridized carbons (Fsp3) is 0.500. The van der Waals surface area contributed by atoms with E-state index in [1.807, 2.05) is 6.92 Å². The molecule has 1 aromatic heterocycles. The van der Waals surface area contributed by atoms with Gasteiger partial charge in [0.25, 0.3) is 0 Å². The average molecular weight is 200 g/mol. The Morgan fingerprint density at radius 2 is 2.54 bits per heavy atom. The number of rotatable bonds is 3. The Labute approximate surface area is 80.7 Å². The van der Waals surface area contributed by atoms with Gasteiger partial charge in [0.05, 0.1) is 18.3 Å². The van der Waals surface area contributed by atoms with Crippen molar-refractivity contribution < 1.29 is 9.53 Å². The van der Waals surface area contributed by atoms with E-state index in [1.165, 1.54) is 18.4 Å². The topological polar surface area (TPSA) is 65.2 Å². The summed E-state index contributed by atoms with van der Waals surface area (Å²) in [5.41, 5.74) is 8.27. The summed E-state index contributed by atoms with van der Waals surface area (Å²) in [6, 6.07) is -0.579. The van der Waals surface area contributed by atoms with Gasteiger partial charge in [-0.1, -0.05) is 0 Å². The van der Waals surface area contributed by atoms with Crippen molar-refractivity contribution in [1.29, 1.82) is 0 Å². The standard InChI is InChI=1S/C8H12N2O2S/c1-5-7(13-4-10-5)3-6(9)8(11)12-2/h4,6H,3,9H2,1-2H3. The van der Waals surface area contributed by atoms with E-state index >= 15 is 0 Å². The Balaban J connectivity index is 2.59. The largest absolute Gasteiger partial charge is 0.468 e. The van der Waals surface area contributed by atoms with Crippen molar-refractivity contribution in [1.82, 2.24) is 4.98 Å². The van der Waals surface area contributed by atoms with Crippen molar-refractivity contribution in [2.75, 3.05) is 7.11 Å². The molecular weight excluding hydrogens is 188 g/mol. The van der Waals surface area contributed by atoms with E-state index in [0.717, 1.165) is 10.6 Å². The highest BCUT2D eigenvalue weighted by molar-refractivity contribution is 7.09. The van der Waals surface area contributed by atoms with E-state index in [1.54, 1.807) is 5.51 Å². The van der Waals surface area contributed by atoms with Gasteiger partial charge >= 0.3 is 5.97 Å². The summed E-state index contributed by atoms with van der Waals surface area (Å²) in [5.74, 6) is -0.382. The maximum atomic E-state index is 11.0. The molecule has 0 spiro atoms. The zero-order valence-electron chi connectivity index (χ0n) is 7.61. The Hall–Kier alpha value is -0.940. The van der Waals surface area contributed by atoms with Crippen LogP contribution in [-0.4, -0.2) is 24.1 Å². The smallest absolute Gasteiger partial charge is 0.323 e. The number of esters is 1. The molecule has 4 nitrogen and oxygen atoms in total. The number of nitrogens with two attached hydrogens (primary N) is 1. The fourth-order valence-corrected chi connectivity index (χ4v) is 1.79. The molecule has 72 valence electrons. The minimum absolute atomic E-state index is 0.382. The number of methoxy groups -OCH3 is 1. The number of carbonyl (C=O) groups is 1. The van der Waals surface area contributed by atoms with Gasteiger partial charge in [-0.3, -0.25) is 4.79 Å². The molecule has 0 aliphatic heterocycles. The summed E-state index contributed by atoms with van der Waals surface area (Å²) < 4.78 is 4.52. The predicted molar refractivity (Wildman–Crippen MR) is 50.5 cm³/mol. The number of aromatic nitrogens is 1. The van der Waals surface area contributed by atoms with Crippen LogP contribution in [0, 0.1) is 6.92 Å². The molecule has 1 atom stereocenters. The van der Waals surface area contributed by atoms with E-state index in [9.17, 15) is 4.79 Å². The van der Waals surface area contributed by atoms with Gasteiger partial charge < -0.3 is 10.5 Å². The number of hydrogen-bond donors (Lipinski definition) is 1. The fourth-order valence-electron chi connectivity index (χ4n) is 0.957. The lowest BCUT2D eigenvalue weighted by Crippen LogP contribution is -2.33. The van der Waals surface area contributed by atoms with Crippen LogP contribution in [0.25, 0.3) is 0 Å². The molecule has 0 aliphatic carbocycles. The normalized spacial score (nSPS) is 12.5. The maximum absolute atomic E-state index is 11.0. The van der Waals surface area contributed by atoms with E-state index in [4.69, 9.17) is 5.73 Å². The molecule has 0 aliphatic rings. The third kappa shape index (κ3) is 2.50. The summed E-state index contributed by atoms with van der Waals surface area (Å²) >= 11 is 1.51. The summed E-state index contributed by atoms with van der Waals surface area (Å²) in [6.07, 6.45) is 0.503. The van der Waals surface area contributed by atoms with Crippen molar-refractivity contribution >= 4 is 17.3 Å². The molecule has 0 amide bonds. The van der Waals surface area contributed by atoms with Crippen LogP contribution in [0.2, 0.25) is 0 Å². The van der Waals surface area contributed by atoms with Gasteiger partial charge in [0.15, 0.2) is 0 Å².